The molecule has 0 atom stereocenters. The normalized spacial score (nSPS) is 10.8. The van der Waals surface area contributed by atoms with Crippen molar-refractivity contribution in [2.75, 3.05) is 6.61 Å². The summed E-state index contributed by atoms with van der Waals surface area (Å²) in [7, 11) is 0. The fourth-order valence-corrected chi connectivity index (χ4v) is 3.92. The lowest BCUT2D eigenvalue weighted by atomic mass is 10.0. The van der Waals surface area contributed by atoms with Gasteiger partial charge in [-0.1, -0.05) is 55.9 Å². The highest BCUT2D eigenvalue weighted by molar-refractivity contribution is 5.84. The third kappa shape index (κ3) is 6.26. The first-order chi connectivity index (χ1) is 17.4. The molecule has 184 valence electrons. The summed E-state index contributed by atoms with van der Waals surface area (Å²) in [5.74, 6) is 2.38. The van der Waals surface area contributed by atoms with Crippen LogP contribution in [0, 0.1) is 35.1 Å². The summed E-state index contributed by atoms with van der Waals surface area (Å²) < 4.78 is 60.9. The van der Waals surface area contributed by atoms with E-state index in [4.69, 9.17) is 4.74 Å². The van der Waals surface area contributed by atoms with Crippen molar-refractivity contribution in [3.05, 3.63) is 112 Å². The van der Waals surface area contributed by atoms with E-state index in [1.807, 2.05) is 30.3 Å². The molecule has 0 fully saturated rings. The maximum absolute atomic E-state index is 14.5. The highest BCUT2D eigenvalue weighted by Crippen LogP contribution is 2.24. The Morgan fingerprint density at radius 2 is 1.44 bits per heavy atom. The van der Waals surface area contributed by atoms with Gasteiger partial charge in [-0.25, -0.2) is 17.6 Å². The van der Waals surface area contributed by atoms with Crippen molar-refractivity contribution >= 4 is 10.8 Å². The molecule has 0 aromatic heterocycles. The summed E-state index contributed by atoms with van der Waals surface area (Å²) in [6.07, 6.45) is 4.42. The van der Waals surface area contributed by atoms with Gasteiger partial charge in [-0.15, -0.1) is 0 Å². The first kappa shape index (κ1) is 25.3. The van der Waals surface area contributed by atoms with Gasteiger partial charge >= 0.3 is 0 Å². The Morgan fingerprint density at radius 1 is 0.694 bits per heavy atom. The zero-order chi connectivity index (χ0) is 25.5. The third-order valence-electron chi connectivity index (χ3n) is 6.00. The molecule has 0 N–H and O–H groups in total. The summed E-state index contributed by atoms with van der Waals surface area (Å²) in [5, 5.41) is 0.256. The molecule has 0 spiro atoms. The van der Waals surface area contributed by atoms with E-state index in [9.17, 15) is 17.6 Å². The molecule has 1 nitrogen and oxygen atoms in total. The van der Waals surface area contributed by atoms with Crippen LogP contribution >= 0.6 is 0 Å². The van der Waals surface area contributed by atoms with E-state index in [0.29, 0.717) is 36.3 Å². The summed E-state index contributed by atoms with van der Waals surface area (Å²) in [4.78, 5) is 0. The lowest BCUT2D eigenvalue weighted by Gasteiger charge is -2.09. The van der Waals surface area contributed by atoms with Crippen LogP contribution in [0.25, 0.3) is 10.8 Å². The van der Waals surface area contributed by atoms with E-state index in [2.05, 4.69) is 18.8 Å². The molecule has 0 saturated carbocycles. The number of hydrogen-bond acceptors (Lipinski definition) is 1. The van der Waals surface area contributed by atoms with E-state index >= 15 is 0 Å². The summed E-state index contributed by atoms with van der Waals surface area (Å²) >= 11 is 0. The van der Waals surface area contributed by atoms with Crippen molar-refractivity contribution in [2.45, 2.75) is 39.0 Å². The molecular formula is C31H26F4O. The van der Waals surface area contributed by atoms with Crippen molar-refractivity contribution in [3.8, 4) is 17.6 Å². The topological polar surface area (TPSA) is 9.23 Å². The summed E-state index contributed by atoms with van der Waals surface area (Å²) in [6.45, 7) is 2.72. The zero-order valence-corrected chi connectivity index (χ0v) is 20.0. The maximum Gasteiger partial charge on any atom is 0.195 e. The summed E-state index contributed by atoms with van der Waals surface area (Å²) in [6, 6.07) is 18.1. The molecule has 4 aromatic carbocycles. The molecule has 0 bridgehead atoms. The number of aryl methyl sites for hydroxylation is 2. The van der Waals surface area contributed by atoms with Crippen LogP contribution in [0.15, 0.2) is 66.7 Å². The fourth-order valence-electron chi connectivity index (χ4n) is 3.92. The number of benzene rings is 4. The zero-order valence-electron chi connectivity index (χ0n) is 20.0. The second kappa shape index (κ2) is 11.8. The highest BCUT2D eigenvalue weighted by Gasteiger charge is 2.13. The molecule has 4 rings (SSSR count). The Bertz CT molecular complexity index is 1410. The lowest BCUT2D eigenvalue weighted by Crippen LogP contribution is -1.99. The van der Waals surface area contributed by atoms with E-state index in [1.165, 1.54) is 18.2 Å². The van der Waals surface area contributed by atoms with Crippen molar-refractivity contribution in [1.82, 2.24) is 0 Å². The largest absolute Gasteiger partial charge is 0.493 e. The second-order valence-corrected chi connectivity index (χ2v) is 8.68. The number of unbranched alkanes of at least 4 members (excludes halogenated alkanes) is 2. The van der Waals surface area contributed by atoms with Crippen molar-refractivity contribution < 1.29 is 22.3 Å². The minimum Gasteiger partial charge on any atom is -0.493 e. The minimum atomic E-state index is -1.48. The first-order valence-electron chi connectivity index (χ1n) is 12.0. The average molecular weight is 491 g/mol. The fraction of sp³-hybridized carbons (Fsp3) is 0.226. The molecular weight excluding hydrogens is 464 g/mol. The molecule has 0 heterocycles. The van der Waals surface area contributed by atoms with Gasteiger partial charge in [0.2, 0.25) is 0 Å². The average Bonchev–Trinajstić information content (AvgIpc) is 2.88. The molecule has 0 radical (unpaired) electrons. The van der Waals surface area contributed by atoms with E-state index < -0.39 is 17.5 Å². The number of halogens is 4. The second-order valence-electron chi connectivity index (χ2n) is 8.68. The van der Waals surface area contributed by atoms with Gasteiger partial charge in [0.05, 0.1) is 6.61 Å². The van der Waals surface area contributed by atoms with E-state index in [-0.39, 0.29) is 16.6 Å². The van der Waals surface area contributed by atoms with Gasteiger partial charge < -0.3 is 4.74 Å². The van der Waals surface area contributed by atoms with Crippen LogP contribution in [0.3, 0.4) is 0 Å². The number of ether oxygens (including phenoxy) is 1. The predicted molar refractivity (Wildman–Crippen MR) is 135 cm³/mol. The molecule has 0 aliphatic heterocycles. The molecule has 0 unspecified atom stereocenters. The predicted octanol–water partition coefficient (Wildman–Crippen LogP) is 8.15. The van der Waals surface area contributed by atoms with Crippen LogP contribution in [-0.2, 0) is 12.8 Å². The van der Waals surface area contributed by atoms with Crippen LogP contribution in [0.2, 0.25) is 0 Å². The van der Waals surface area contributed by atoms with Crippen LogP contribution in [0.1, 0.15) is 48.4 Å². The first-order valence-corrected chi connectivity index (χ1v) is 12.0. The van der Waals surface area contributed by atoms with Gasteiger partial charge in [-0.05, 0) is 72.2 Å². The highest BCUT2D eigenvalue weighted by atomic mass is 19.2. The summed E-state index contributed by atoms with van der Waals surface area (Å²) in [5.41, 5.74) is 3.03. The Morgan fingerprint density at radius 3 is 2.19 bits per heavy atom. The molecule has 0 amide bonds. The van der Waals surface area contributed by atoms with Gasteiger partial charge in [-0.3, -0.25) is 0 Å². The van der Waals surface area contributed by atoms with Crippen LogP contribution in [0.5, 0.6) is 5.75 Å². The van der Waals surface area contributed by atoms with Gasteiger partial charge in [0.25, 0.3) is 0 Å². The van der Waals surface area contributed by atoms with Crippen molar-refractivity contribution in [2.24, 2.45) is 0 Å². The van der Waals surface area contributed by atoms with Crippen LogP contribution in [-0.4, -0.2) is 6.61 Å². The van der Waals surface area contributed by atoms with Gasteiger partial charge in [0.15, 0.2) is 17.5 Å². The lowest BCUT2D eigenvalue weighted by molar-refractivity contribution is 0.304. The Kier molecular flexibility index (Phi) is 8.28. The van der Waals surface area contributed by atoms with Gasteiger partial charge in [0, 0.05) is 22.6 Å². The van der Waals surface area contributed by atoms with Gasteiger partial charge in [0.1, 0.15) is 11.6 Å². The van der Waals surface area contributed by atoms with Crippen LogP contribution < -0.4 is 4.74 Å². The molecule has 4 aromatic rings. The Balaban J connectivity index is 1.37. The Labute approximate surface area is 208 Å². The van der Waals surface area contributed by atoms with E-state index in [0.717, 1.165) is 36.5 Å². The SMILES string of the molecule is CCCCCOc1ccc(CCc2ccc(C#Cc3ccc4c(F)c(F)c(F)cc4c3)cc2)c(F)c1. The number of hydrogen-bond donors (Lipinski definition) is 0. The van der Waals surface area contributed by atoms with Crippen molar-refractivity contribution in [1.29, 1.82) is 0 Å². The Hall–Kier alpha value is -3.78. The van der Waals surface area contributed by atoms with Crippen molar-refractivity contribution in [3.63, 3.8) is 0 Å². The standard InChI is InChI=1S/C31H26F4O/c1-2-3-4-17-36-26-15-14-24(28(32)20-26)13-11-22-7-5-21(6-8-22)9-10-23-12-16-27-25(18-23)19-29(33)31(35)30(27)34/h5-8,12,14-16,18-20H,2-4,11,13,17H2,1H3. The molecule has 0 aliphatic carbocycles. The monoisotopic (exact) mass is 490 g/mol. The maximum atomic E-state index is 14.5. The number of rotatable bonds is 8. The molecule has 0 saturated heterocycles. The molecule has 36 heavy (non-hydrogen) atoms. The number of fused-ring (bicyclic) bond motifs is 1. The minimum absolute atomic E-state index is 0.00868. The van der Waals surface area contributed by atoms with Gasteiger partial charge in [-0.2, -0.15) is 0 Å². The molecule has 0 aliphatic rings. The quantitative estimate of drug-likeness (QED) is 0.105. The smallest absolute Gasteiger partial charge is 0.195 e. The molecule has 5 heteroatoms. The van der Waals surface area contributed by atoms with E-state index in [1.54, 1.807) is 12.1 Å². The van der Waals surface area contributed by atoms with Crippen LogP contribution in [0.4, 0.5) is 17.6 Å². The third-order valence-corrected chi connectivity index (χ3v) is 6.00.